The van der Waals surface area contributed by atoms with Gasteiger partial charge in [0, 0.05) is 23.0 Å². The summed E-state index contributed by atoms with van der Waals surface area (Å²) in [6.45, 7) is 4.14. The molecule has 104 valence electrons. The van der Waals surface area contributed by atoms with Crippen LogP contribution in [0.5, 0.6) is 0 Å². The third-order valence-electron chi connectivity index (χ3n) is 4.82. The smallest absolute Gasteiger partial charge is 0.261 e. The van der Waals surface area contributed by atoms with Crippen LogP contribution in [0.15, 0.2) is 6.07 Å². The summed E-state index contributed by atoms with van der Waals surface area (Å²) >= 11 is 1.61. The average Bonchev–Trinajstić information content (AvgIpc) is 2.78. The van der Waals surface area contributed by atoms with Crippen molar-refractivity contribution in [3.63, 3.8) is 0 Å². The Balaban J connectivity index is 1.64. The van der Waals surface area contributed by atoms with Gasteiger partial charge in [-0.3, -0.25) is 4.79 Å². The van der Waals surface area contributed by atoms with Crippen molar-refractivity contribution in [3.8, 4) is 0 Å². The maximum Gasteiger partial charge on any atom is 0.261 e. The van der Waals surface area contributed by atoms with Gasteiger partial charge in [0.15, 0.2) is 0 Å². The van der Waals surface area contributed by atoms with Crippen molar-refractivity contribution in [2.45, 2.75) is 57.7 Å². The molecule has 0 radical (unpaired) electrons. The Morgan fingerprint density at radius 1 is 1.32 bits per heavy atom. The van der Waals surface area contributed by atoms with Gasteiger partial charge in [-0.25, -0.2) is 0 Å². The van der Waals surface area contributed by atoms with Crippen LogP contribution in [0.1, 0.15) is 45.8 Å². The number of aryl methyl sites for hydroxylation is 2. The van der Waals surface area contributed by atoms with Crippen molar-refractivity contribution in [1.29, 1.82) is 0 Å². The van der Waals surface area contributed by atoms with Crippen LogP contribution in [0.4, 0.5) is 0 Å². The second kappa shape index (κ2) is 4.91. The summed E-state index contributed by atoms with van der Waals surface area (Å²) in [5.74, 6) is 0.121. The Labute approximate surface area is 119 Å². The van der Waals surface area contributed by atoms with E-state index in [0.29, 0.717) is 18.1 Å². The van der Waals surface area contributed by atoms with Gasteiger partial charge >= 0.3 is 0 Å². The number of hydrogen-bond acceptors (Lipinski definition) is 3. The lowest BCUT2D eigenvalue weighted by atomic mass is 9.98. The second-order valence-corrected chi connectivity index (χ2v) is 7.30. The molecule has 0 aliphatic carbocycles. The average molecular weight is 278 g/mol. The Morgan fingerprint density at radius 3 is 2.47 bits per heavy atom. The summed E-state index contributed by atoms with van der Waals surface area (Å²) in [6.07, 6.45) is 4.82. The van der Waals surface area contributed by atoms with Crippen LogP contribution in [-0.4, -0.2) is 36.0 Å². The Kier molecular flexibility index (Phi) is 3.39. The van der Waals surface area contributed by atoms with Crippen molar-refractivity contribution >= 4 is 17.2 Å². The van der Waals surface area contributed by atoms with E-state index in [-0.39, 0.29) is 5.91 Å². The number of thiophene rings is 1. The molecular weight excluding hydrogens is 256 g/mol. The molecule has 19 heavy (non-hydrogen) atoms. The molecule has 2 bridgehead atoms. The number of piperidine rings is 1. The predicted molar refractivity (Wildman–Crippen MR) is 78.9 cm³/mol. The molecule has 2 aliphatic heterocycles. The Morgan fingerprint density at radius 2 is 1.95 bits per heavy atom. The minimum Gasteiger partial charge on any atom is -0.348 e. The first-order valence-corrected chi connectivity index (χ1v) is 7.96. The quantitative estimate of drug-likeness (QED) is 0.902. The van der Waals surface area contributed by atoms with Gasteiger partial charge in [-0.15, -0.1) is 11.3 Å². The molecule has 1 amide bonds. The van der Waals surface area contributed by atoms with Crippen molar-refractivity contribution in [2.24, 2.45) is 0 Å². The first kappa shape index (κ1) is 13.1. The van der Waals surface area contributed by atoms with Gasteiger partial charge in [0.25, 0.3) is 5.91 Å². The maximum absolute atomic E-state index is 12.3. The summed E-state index contributed by atoms with van der Waals surface area (Å²) < 4.78 is 0. The van der Waals surface area contributed by atoms with Gasteiger partial charge < -0.3 is 10.2 Å². The van der Waals surface area contributed by atoms with Gasteiger partial charge in [0.1, 0.15) is 0 Å². The Hall–Kier alpha value is -0.870. The minimum absolute atomic E-state index is 0.121. The van der Waals surface area contributed by atoms with Crippen LogP contribution in [0.25, 0.3) is 0 Å². The van der Waals surface area contributed by atoms with Gasteiger partial charge in [-0.05, 0) is 58.2 Å². The maximum atomic E-state index is 12.3. The molecule has 1 aromatic rings. The molecule has 2 fully saturated rings. The first-order valence-electron chi connectivity index (χ1n) is 7.14. The molecule has 3 heterocycles. The SMILES string of the molecule is Cc1cc(C(=O)NC2C[C@H]3CC[C@H](C2)N3C)sc1C. The van der Waals surface area contributed by atoms with Crippen LogP contribution < -0.4 is 5.32 Å². The molecule has 1 N–H and O–H groups in total. The Bertz CT molecular complexity index is 463. The van der Waals surface area contributed by atoms with Crippen LogP contribution >= 0.6 is 11.3 Å². The molecular formula is C15H22N2OS. The molecule has 3 rings (SSSR count). The van der Waals surface area contributed by atoms with E-state index >= 15 is 0 Å². The third-order valence-corrected chi connectivity index (χ3v) is 5.97. The standard InChI is InChI=1S/C15H22N2OS/c1-9-6-14(19-10(9)2)15(18)16-11-7-12-4-5-13(8-11)17(12)3/h6,11-13H,4-5,7-8H2,1-3H3,(H,16,18)/t12-,13-/m1/s1. The highest BCUT2D eigenvalue weighted by atomic mass is 32.1. The predicted octanol–water partition coefficient (Wildman–Crippen LogP) is 2.72. The lowest BCUT2D eigenvalue weighted by Gasteiger charge is -2.36. The summed E-state index contributed by atoms with van der Waals surface area (Å²) in [7, 11) is 2.23. The molecule has 3 nitrogen and oxygen atoms in total. The number of amides is 1. The highest BCUT2D eigenvalue weighted by Crippen LogP contribution is 2.34. The number of hydrogen-bond donors (Lipinski definition) is 1. The fourth-order valence-electron chi connectivity index (χ4n) is 3.47. The van der Waals surface area contributed by atoms with Crippen LogP contribution in [0.2, 0.25) is 0 Å². The molecule has 0 spiro atoms. The lowest BCUT2D eigenvalue weighted by molar-refractivity contribution is 0.0886. The van der Waals surface area contributed by atoms with Crippen molar-refractivity contribution in [3.05, 3.63) is 21.4 Å². The highest BCUT2D eigenvalue weighted by Gasteiger charge is 2.38. The van der Waals surface area contributed by atoms with E-state index in [1.54, 1.807) is 11.3 Å². The normalized spacial score (nSPS) is 30.6. The largest absolute Gasteiger partial charge is 0.348 e. The molecule has 2 atom stereocenters. The number of carbonyl (C=O) groups is 1. The molecule has 0 saturated carbocycles. The fraction of sp³-hybridized carbons (Fsp3) is 0.667. The molecule has 1 aromatic heterocycles. The van der Waals surface area contributed by atoms with Crippen molar-refractivity contribution < 1.29 is 4.79 Å². The summed E-state index contributed by atoms with van der Waals surface area (Å²) in [5, 5.41) is 3.24. The van der Waals surface area contributed by atoms with Crippen LogP contribution in [0.3, 0.4) is 0 Å². The lowest BCUT2D eigenvalue weighted by Crippen LogP contribution is -2.48. The second-order valence-electron chi connectivity index (χ2n) is 6.04. The van der Waals surface area contributed by atoms with Gasteiger partial charge in [-0.2, -0.15) is 0 Å². The van der Waals surface area contributed by atoms with E-state index < -0.39 is 0 Å². The highest BCUT2D eigenvalue weighted by molar-refractivity contribution is 7.14. The third kappa shape index (κ3) is 2.43. The monoisotopic (exact) mass is 278 g/mol. The number of nitrogens with one attached hydrogen (secondary N) is 1. The molecule has 2 saturated heterocycles. The molecule has 4 heteroatoms. The summed E-state index contributed by atoms with van der Waals surface area (Å²) in [4.78, 5) is 16.9. The van der Waals surface area contributed by atoms with E-state index in [4.69, 9.17) is 0 Å². The van der Waals surface area contributed by atoms with E-state index in [2.05, 4.69) is 31.1 Å². The number of carbonyl (C=O) groups excluding carboxylic acids is 1. The topological polar surface area (TPSA) is 32.3 Å². The fourth-order valence-corrected chi connectivity index (χ4v) is 4.41. The zero-order valence-corrected chi connectivity index (χ0v) is 12.7. The minimum atomic E-state index is 0.121. The van der Waals surface area contributed by atoms with E-state index in [1.165, 1.54) is 23.3 Å². The van der Waals surface area contributed by atoms with Crippen LogP contribution in [0, 0.1) is 13.8 Å². The van der Waals surface area contributed by atoms with E-state index in [9.17, 15) is 4.79 Å². The molecule has 0 aromatic carbocycles. The van der Waals surface area contributed by atoms with Crippen molar-refractivity contribution in [1.82, 2.24) is 10.2 Å². The first-order chi connectivity index (χ1) is 9.04. The van der Waals surface area contributed by atoms with E-state index in [0.717, 1.165) is 17.7 Å². The van der Waals surface area contributed by atoms with Gasteiger partial charge in [-0.1, -0.05) is 0 Å². The zero-order valence-electron chi connectivity index (χ0n) is 11.9. The zero-order chi connectivity index (χ0) is 13.6. The molecule has 2 aliphatic rings. The summed E-state index contributed by atoms with van der Waals surface area (Å²) in [5.41, 5.74) is 1.22. The number of nitrogens with zero attached hydrogens (tertiary/aromatic N) is 1. The summed E-state index contributed by atoms with van der Waals surface area (Å²) in [6, 6.07) is 3.73. The number of rotatable bonds is 2. The number of fused-ring (bicyclic) bond motifs is 2. The van der Waals surface area contributed by atoms with Gasteiger partial charge in [0.2, 0.25) is 0 Å². The van der Waals surface area contributed by atoms with E-state index in [1.807, 2.05) is 6.07 Å². The van der Waals surface area contributed by atoms with Crippen molar-refractivity contribution in [2.75, 3.05) is 7.05 Å². The van der Waals surface area contributed by atoms with Crippen LogP contribution in [-0.2, 0) is 0 Å². The van der Waals surface area contributed by atoms with Gasteiger partial charge in [0.05, 0.1) is 4.88 Å². The molecule has 0 unspecified atom stereocenters.